The second-order valence-electron chi connectivity index (χ2n) is 5.78. The zero-order valence-electron chi connectivity index (χ0n) is 10.8. The normalized spacial score (nSPS) is 30.3. The average Bonchev–Trinajstić information content (AvgIpc) is 2.71. The molecule has 2 fully saturated rings. The van der Waals surface area contributed by atoms with Crippen LogP contribution in [0.15, 0.2) is 18.2 Å². The number of hydrogen-bond acceptors (Lipinski definition) is 3. The second-order valence-corrected chi connectivity index (χ2v) is 5.78. The Labute approximate surface area is 109 Å². The van der Waals surface area contributed by atoms with Crippen molar-refractivity contribution in [1.82, 2.24) is 10.6 Å². The standard InChI is InChI=1S/C15H21N3/c1-2-13-14(11-3-4-17-15(13)9-11)10-12(1)18-7-5-16-6-8-18/h1-2,10-11,15-17H,3-9H2. The van der Waals surface area contributed by atoms with Crippen LogP contribution in [0.2, 0.25) is 0 Å². The quantitative estimate of drug-likeness (QED) is 0.785. The Morgan fingerprint density at radius 2 is 1.94 bits per heavy atom. The molecule has 0 saturated carbocycles. The third kappa shape index (κ3) is 1.65. The van der Waals surface area contributed by atoms with Crippen molar-refractivity contribution >= 4 is 5.69 Å². The van der Waals surface area contributed by atoms with Gasteiger partial charge in [-0.1, -0.05) is 6.07 Å². The van der Waals surface area contributed by atoms with E-state index >= 15 is 0 Å². The summed E-state index contributed by atoms with van der Waals surface area (Å²) in [5.74, 6) is 0.814. The fourth-order valence-corrected chi connectivity index (χ4v) is 3.79. The van der Waals surface area contributed by atoms with Crippen LogP contribution in [0, 0.1) is 0 Å². The van der Waals surface area contributed by atoms with Gasteiger partial charge in [0.2, 0.25) is 0 Å². The number of nitrogens with one attached hydrogen (secondary N) is 2. The van der Waals surface area contributed by atoms with Crippen molar-refractivity contribution in [2.75, 3.05) is 37.6 Å². The summed E-state index contributed by atoms with van der Waals surface area (Å²) in [7, 11) is 0. The lowest BCUT2D eigenvalue weighted by atomic mass is 9.96. The fraction of sp³-hybridized carbons (Fsp3) is 0.600. The van der Waals surface area contributed by atoms with Crippen molar-refractivity contribution in [3.63, 3.8) is 0 Å². The van der Waals surface area contributed by atoms with Gasteiger partial charge in [-0.25, -0.2) is 0 Å². The minimum Gasteiger partial charge on any atom is -0.369 e. The number of rotatable bonds is 1. The second kappa shape index (κ2) is 4.25. The van der Waals surface area contributed by atoms with E-state index in [0.29, 0.717) is 6.04 Å². The van der Waals surface area contributed by atoms with Gasteiger partial charge in [0, 0.05) is 37.9 Å². The highest BCUT2D eigenvalue weighted by molar-refractivity contribution is 5.55. The molecule has 0 amide bonds. The Balaban J connectivity index is 1.67. The Bertz CT molecular complexity index is 451. The summed E-state index contributed by atoms with van der Waals surface area (Å²) in [6.45, 7) is 5.71. The summed E-state index contributed by atoms with van der Waals surface area (Å²) in [5.41, 5.74) is 4.63. The zero-order valence-corrected chi connectivity index (χ0v) is 10.8. The summed E-state index contributed by atoms with van der Waals surface area (Å²) in [5, 5.41) is 7.06. The van der Waals surface area contributed by atoms with E-state index in [9.17, 15) is 0 Å². The van der Waals surface area contributed by atoms with Crippen molar-refractivity contribution < 1.29 is 0 Å². The highest BCUT2D eigenvalue weighted by Gasteiger charge is 2.34. The molecule has 0 aromatic heterocycles. The van der Waals surface area contributed by atoms with Crippen LogP contribution in [0.25, 0.3) is 0 Å². The number of benzene rings is 1. The number of hydrogen-bond donors (Lipinski definition) is 2. The molecule has 4 rings (SSSR count). The molecule has 0 radical (unpaired) electrons. The van der Waals surface area contributed by atoms with Crippen LogP contribution in [0.5, 0.6) is 0 Å². The summed E-state index contributed by atoms with van der Waals surface area (Å²) in [6.07, 6.45) is 2.63. The molecule has 2 bridgehead atoms. The highest BCUT2D eigenvalue weighted by Crippen LogP contribution is 2.45. The Morgan fingerprint density at radius 1 is 1.06 bits per heavy atom. The zero-order chi connectivity index (χ0) is 11.9. The van der Waals surface area contributed by atoms with Crippen LogP contribution in [0.1, 0.15) is 35.9 Å². The summed E-state index contributed by atoms with van der Waals surface area (Å²) in [6, 6.07) is 7.80. The fourth-order valence-electron chi connectivity index (χ4n) is 3.79. The maximum atomic E-state index is 3.64. The van der Waals surface area contributed by atoms with Gasteiger partial charge in [0.25, 0.3) is 0 Å². The van der Waals surface area contributed by atoms with Gasteiger partial charge in [0.1, 0.15) is 0 Å². The van der Waals surface area contributed by atoms with Crippen molar-refractivity contribution in [2.45, 2.75) is 24.8 Å². The van der Waals surface area contributed by atoms with Gasteiger partial charge in [-0.2, -0.15) is 0 Å². The van der Waals surface area contributed by atoms with Gasteiger partial charge in [-0.05, 0) is 48.6 Å². The monoisotopic (exact) mass is 243 g/mol. The summed E-state index contributed by atoms with van der Waals surface area (Å²) in [4.78, 5) is 2.52. The van der Waals surface area contributed by atoms with Gasteiger partial charge < -0.3 is 15.5 Å². The number of fused-ring (bicyclic) bond motifs is 5. The average molecular weight is 243 g/mol. The number of nitrogens with zero attached hydrogens (tertiary/aromatic N) is 1. The van der Waals surface area contributed by atoms with E-state index in [1.807, 2.05) is 0 Å². The van der Waals surface area contributed by atoms with Crippen LogP contribution >= 0.6 is 0 Å². The van der Waals surface area contributed by atoms with Crippen LogP contribution in [0.4, 0.5) is 5.69 Å². The molecule has 0 spiro atoms. The summed E-state index contributed by atoms with van der Waals surface area (Å²) >= 11 is 0. The summed E-state index contributed by atoms with van der Waals surface area (Å²) < 4.78 is 0. The molecule has 2 aliphatic heterocycles. The lowest BCUT2D eigenvalue weighted by molar-refractivity contribution is 0.410. The maximum Gasteiger partial charge on any atom is 0.0370 e. The lowest BCUT2D eigenvalue weighted by Crippen LogP contribution is -2.43. The first kappa shape index (κ1) is 10.8. The molecule has 1 aromatic carbocycles. The first-order valence-electron chi connectivity index (χ1n) is 7.25. The first-order valence-corrected chi connectivity index (χ1v) is 7.25. The van der Waals surface area contributed by atoms with Gasteiger partial charge in [-0.3, -0.25) is 0 Å². The van der Waals surface area contributed by atoms with E-state index in [-0.39, 0.29) is 0 Å². The molecule has 2 N–H and O–H groups in total. The molecule has 2 heterocycles. The van der Waals surface area contributed by atoms with Crippen LogP contribution < -0.4 is 15.5 Å². The highest BCUT2D eigenvalue weighted by atomic mass is 15.2. The molecule has 2 unspecified atom stereocenters. The molecular weight excluding hydrogens is 222 g/mol. The molecular formula is C15H21N3. The third-order valence-corrected chi connectivity index (χ3v) is 4.77. The molecule has 2 saturated heterocycles. The van der Waals surface area contributed by atoms with Gasteiger partial charge in [0.15, 0.2) is 0 Å². The Hall–Kier alpha value is -1.06. The van der Waals surface area contributed by atoms with Crippen LogP contribution in [-0.2, 0) is 0 Å². The van der Waals surface area contributed by atoms with E-state index in [4.69, 9.17) is 0 Å². The van der Waals surface area contributed by atoms with Gasteiger partial charge >= 0.3 is 0 Å². The smallest absolute Gasteiger partial charge is 0.0370 e. The molecule has 3 aliphatic rings. The number of anilines is 1. The Morgan fingerprint density at radius 3 is 2.83 bits per heavy atom. The van der Waals surface area contributed by atoms with Crippen LogP contribution in [0.3, 0.4) is 0 Å². The molecule has 1 aliphatic carbocycles. The van der Waals surface area contributed by atoms with Crippen molar-refractivity contribution in [2.24, 2.45) is 0 Å². The topological polar surface area (TPSA) is 27.3 Å². The first-order chi connectivity index (χ1) is 8.92. The predicted molar refractivity (Wildman–Crippen MR) is 74.2 cm³/mol. The maximum absolute atomic E-state index is 3.64. The van der Waals surface area contributed by atoms with E-state index < -0.39 is 0 Å². The minimum atomic E-state index is 0.635. The van der Waals surface area contributed by atoms with Crippen molar-refractivity contribution in [3.8, 4) is 0 Å². The van der Waals surface area contributed by atoms with Crippen molar-refractivity contribution in [1.29, 1.82) is 0 Å². The number of piperazine rings is 1. The third-order valence-electron chi connectivity index (χ3n) is 4.77. The SMILES string of the molecule is c1cc2c(cc1N1CCNCC1)C1CCNC2C1. The van der Waals surface area contributed by atoms with Crippen LogP contribution in [-0.4, -0.2) is 32.7 Å². The van der Waals surface area contributed by atoms with E-state index in [2.05, 4.69) is 33.7 Å². The van der Waals surface area contributed by atoms with E-state index in [1.54, 1.807) is 11.1 Å². The molecule has 1 aromatic rings. The Kier molecular flexibility index (Phi) is 2.55. The van der Waals surface area contributed by atoms with E-state index in [0.717, 1.165) is 32.1 Å². The lowest BCUT2D eigenvalue weighted by Gasteiger charge is -2.30. The van der Waals surface area contributed by atoms with E-state index in [1.165, 1.54) is 25.1 Å². The minimum absolute atomic E-state index is 0.635. The van der Waals surface area contributed by atoms with Gasteiger partial charge in [0.05, 0.1) is 0 Å². The predicted octanol–water partition coefficient (Wildman–Crippen LogP) is 1.62. The number of piperidine rings is 1. The molecule has 2 atom stereocenters. The molecule has 3 heteroatoms. The molecule has 96 valence electrons. The van der Waals surface area contributed by atoms with Crippen molar-refractivity contribution in [3.05, 3.63) is 29.3 Å². The largest absolute Gasteiger partial charge is 0.369 e. The molecule has 3 nitrogen and oxygen atoms in total. The van der Waals surface area contributed by atoms with Gasteiger partial charge in [-0.15, -0.1) is 0 Å². The molecule has 18 heavy (non-hydrogen) atoms.